The number of rotatable bonds is 9. The van der Waals surface area contributed by atoms with Gasteiger partial charge in [-0.05, 0) is 39.3 Å². The molecule has 118 valence electrons. The molecule has 1 aromatic carbocycles. The van der Waals surface area contributed by atoms with E-state index in [1.165, 1.54) is 0 Å². The minimum absolute atomic E-state index is 0.0927. The van der Waals surface area contributed by atoms with Crippen molar-refractivity contribution in [3.63, 3.8) is 0 Å². The zero-order valence-corrected chi connectivity index (χ0v) is 13.4. The molecule has 0 saturated carbocycles. The van der Waals surface area contributed by atoms with Crippen LogP contribution in [-0.4, -0.2) is 31.7 Å². The number of carbonyl (C=O) groups excluding carboxylic acids is 1. The summed E-state index contributed by atoms with van der Waals surface area (Å²) in [5.74, 6) is 1.27. The monoisotopic (exact) mass is 294 g/mol. The van der Waals surface area contributed by atoms with Gasteiger partial charge in [-0.1, -0.05) is 6.92 Å². The number of carbonyl (C=O) groups is 1. The fraction of sp³-hybridized carbons (Fsp3) is 0.562. The SMILES string of the molecule is CCOc1ccc(OCC)c(NC(=O)CNC(C)CC)c1. The summed E-state index contributed by atoms with van der Waals surface area (Å²) in [6, 6.07) is 5.75. The van der Waals surface area contributed by atoms with Crippen LogP contribution in [0.25, 0.3) is 0 Å². The van der Waals surface area contributed by atoms with Gasteiger partial charge in [-0.25, -0.2) is 0 Å². The maximum atomic E-state index is 12.0. The van der Waals surface area contributed by atoms with Gasteiger partial charge in [-0.3, -0.25) is 4.79 Å². The summed E-state index contributed by atoms with van der Waals surface area (Å²) < 4.78 is 11.0. The van der Waals surface area contributed by atoms with Crippen LogP contribution in [0.2, 0.25) is 0 Å². The van der Waals surface area contributed by atoms with E-state index in [1.807, 2.05) is 26.0 Å². The lowest BCUT2D eigenvalue weighted by molar-refractivity contribution is -0.115. The molecule has 0 aromatic heterocycles. The Bertz CT molecular complexity index is 449. The van der Waals surface area contributed by atoms with Gasteiger partial charge in [0, 0.05) is 12.1 Å². The quantitative estimate of drug-likeness (QED) is 0.735. The van der Waals surface area contributed by atoms with E-state index in [2.05, 4.69) is 24.5 Å². The molecule has 5 nitrogen and oxygen atoms in total. The zero-order chi connectivity index (χ0) is 15.7. The van der Waals surface area contributed by atoms with Crippen LogP contribution in [-0.2, 0) is 4.79 Å². The lowest BCUT2D eigenvalue weighted by atomic mass is 10.2. The molecule has 0 aliphatic rings. The molecule has 0 heterocycles. The molecule has 0 aliphatic carbocycles. The predicted molar refractivity (Wildman–Crippen MR) is 85.2 cm³/mol. The first-order valence-corrected chi connectivity index (χ1v) is 7.53. The second-order valence-corrected chi connectivity index (χ2v) is 4.76. The number of anilines is 1. The first-order chi connectivity index (χ1) is 10.1. The van der Waals surface area contributed by atoms with Crippen molar-refractivity contribution in [1.82, 2.24) is 5.32 Å². The maximum absolute atomic E-state index is 12.0. The van der Waals surface area contributed by atoms with Crippen molar-refractivity contribution < 1.29 is 14.3 Å². The topological polar surface area (TPSA) is 59.6 Å². The second-order valence-electron chi connectivity index (χ2n) is 4.76. The van der Waals surface area contributed by atoms with Crippen LogP contribution < -0.4 is 20.1 Å². The summed E-state index contributed by atoms with van der Waals surface area (Å²) in [4.78, 5) is 12.0. The molecule has 2 N–H and O–H groups in total. The number of nitrogens with one attached hydrogen (secondary N) is 2. The van der Waals surface area contributed by atoms with E-state index in [1.54, 1.807) is 6.07 Å². The van der Waals surface area contributed by atoms with Gasteiger partial charge in [0.1, 0.15) is 11.5 Å². The Morgan fingerprint density at radius 3 is 2.52 bits per heavy atom. The molecular weight excluding hydrogens is 268 g/mol. The second kappa shape index (κ2) is 9.23. The Morgan fingerprint density at radius 1 is 1.19 bits per heavy atom. The fourth-order valence-electron chi connectivity index (χ4n) is 1.75. The molecule has 0 fully saturated rings. The Morgan fingerprint density at radius 2 is 1.90 bits per heavy atom. The molecule has 1 aromatic rings. The third-order valence-electron chi connectivity index (χ3n) is 3.06. The van der Waals surface area contributed by atoms with Crippen LogP contribution in [0.5, 0.6) is 11.5 Å². The lowest BCUT2D eigenvalue weighted by Gasteiger charge is -2.15. The molecule has 21 heavy (non-hydrogen) atoms. The Kier molecular flexibility index (Phi) is 7.61. The molecule has 1 unspecified atom stereocenters. The van der Waals surface area contributed by atoms with E-state index < -0.39 is 0 Å². The minimum Gasteiger partial charge on any atom is -0.494 e. The number of ether oxygens (including phenoxy) is 2. The third kappa shape index (κ3) is 6.04. The molecule has 0 radical (unpaired) electrons. The Labute approximate surface area is 127 Å². The van der Waals surface area contributed by atoms with E-state index in [4.69, 9.17) is 9.47 Å². The smallest absolute Gasteiger partial charge is 0.238 e. The van der Waals surface area contributed by atoms with Gasteiger partial charge in [0.2, 0.25) is 5.91 Å². The average molecular weight is 294 g/mol. The lowest BCUT2D eigenvalue weighted by Crippen LogP contribution is -2.34. The third-order valence-corrected chi connectivity index (χ3v) is 3.06. The molecule has 0 saturated heterocycles. The molecule has 1 rings (SSSR count). The molecule has 1 amide bonds. The highest BCUT2D eigenvalue weighted by atomic mass is 16.5. The van der Waals surface area contributed by atoms with Gasteiger partial charge in [0.15, 0.2) is 0 Å². The van der Waals surface area contributed by atoms with Crippen molar-refractivity contribution in [2.24, 2.45) is 0 Å². The van der Waals surface area contributed by atoms with E-state index >= 15 is 0 Å². The summed E-state index contributed by atoms with van der Waals surface area (Å²) in [5, 5.41) is 6.03. The molecule has 0 spiro atoms. The first-order valence-electron chi connectivity index (χ1n) is 7.53. The number of benzene rings is 1. The van der Waals surface area contributed by atoms with E-state index in [0.29, 0.717) is 36.4 Å². The number of hydrogen-bond donors (Lipinski definition) is 2. The summed E-state index contributed by atoms with van der Waals surface area (Å²) >= 11 is 0. The van der Waals surface area contributed by atoms with Crippen LogP contribution in [0, 0.1) is 0 Å². The van der Waals surface area contributed by atoms with Crippen LogP contribution in [0.4, 0.5) is 5.69 Å². The van der Waals surface area contributed by atoms with E-state index in [0.717, 1.165) is 6.42 Å². The fourth-order valence-corrected chi connectivity index (χ4v) is 1.75. The van der Waals surface area contributed by atoms with Crippen LogP contribution >= 0.6 is 0 Å². The first kappa shape index (κ1) is 17.3. The molecule has 1 atom stereocenters. The van der Waals surface area contributed by atoms with Crippen LogP contribution in [0.3, 0.4) is 0 Å². The van der Waals surface area contributed by atoms with Crippen molar-refractivity contribution in [2.45, 2.75) is 40.2 Å². The van der Waals surface area contributed by atoms with E-state index in [-0.39, 0.29) is 12.5 Å². The molecular formula is C16H26N2O3. The summed E-state index contributed by atoms with van der Waals surface area (Å²) in [5.41, 5.74) is 0.638. The summed E-state index contributed by atoms with van der Waals surface area (Å²) in [6.07, 6.45) is 0.983. The van der Waals surface area contributed by atoms with E-state index in [9.17, 15) is 4.79 Å². The molecule has 0 aliphatic heterocycles. The van der Waals surface area contributed by atoms with Gasteiger partial charge in [0.05, 0.1) is 25.4 Å². The van der Waals surface area contributed by atoms with Gasteiger partial charge >= 0.3 is 0 Å². The largest absolute Gasteiger partial charge is 0.494 e. The summed E-state index contributed by atoms with van der Waals surface area (Å²) in [7, 11) is 0. The maximum Gasteiger partial charge on any atom is 0.238 e. The van der Waals surface area contributed by atoms with Crippen molar-refractivity contribution in [3.05, 3.63) is 18.2 Å². The van der Waals surface area contributed by atoms with Gasteiger partial charge in [-0.15, -0.1) is 0 Å². The van der Waals surface area contributed by atoms with Crippen molar-refractivity contribution in [2.75, 3.05) is 25.1 Å². The predicted octanol–water partition coefficient (Wildman–Crippen LogP) is 2.81. The molecule has 5 heteroatoms. The normalized spacial score (nSPS) is 11.8. The highest BCUT2D eigenvalue weighted by Crippen LogP contribution is 2.29. The number of amides is 1. The van der Waals surface area contributed by atoms with Crippen molar-refractivity contribution in [1.29, 1.82) is 0 Å². The Hall–Kier alpha value is -1.75. The Balaban J connectivity index is 2.73. The van der Waals surface area contributed by atoms with Gasteiger partial charge < -0.3 is 20.1 Å². The highest BCUT2D eigenvalue weighted by Gasteiger charge is 2.10. The highest BCUT2D eigenvalue weighted by molar-refractivity contribution is 5.94. The summed E-state index contributed by atoms with van der Waals surface area (Å²) in [6.45, 7) is 9.36. The van der Waals surface area contributed by atoms with Crippen molar-refractivity contribution in [3.8, 4) is 11.5 Å². The van der Waals surface area contributed by atoms with Crippen molar-refractivity contribution >= 4 is 11.6 Å². The van der Waals surface area contributed by atoms with Crippen LogP contribution in [0.15, 0.2) is 18.2 Å². The molecule has 0 bridgehead atoms. The average Bonchev–Trinajstić information content (AvgIpc) is 2.48. The van der Waals surface area contributed by atoms with Crippen LogP contribution in [0.1, 0.15) is 34.1 Å². The zero-order valence-electron chi connectivity index (χ0n) is 13.4. The van der Waals surface area contributed by atoms with Gasteiger partial charge in [-0.2, -0.15) is 0 Å². The minimum atomic E-state index is -0.0927. The van der Waals surface area contributed by atoms with Gasteiger partial charge in [0.25, 0.3) is 0 Å². The number of hydrogen-bond acceptors (Lipinski definition) is 4. The standard InChI is InChI=1S/C16H26N2O3/c1-5-12(4)17-11-16(19)18-14-10-13(20-6-2)8-9-15(14)21-7-3/h8-10,12,17H,5-7,11H2,1-4H3,(H,18,19).